The first-order chi connectivity index (χ1) is 14.5. The first-order valence-corrected chi connectivity index (χ1v) is 10.1. The molecule has 5 rings (SSSR count). The van der Waals surface area contributed by atoms with Crippen LogP contribution >= 0.6 is 11.8 Å². The van der Waals surface area contributed by atoms with Crippen molar-refractivity contribution in [3.8, 4) is 17.2 Å². The fourth-order valence-corrected chi connectivity index (χ4v) is 3.78. The van der Waals surface area contributed by atoms with Crippen LogP contribution in [-0.4, -0.2) is 45.1 Å². The van der Waals surface area contributed by atoms with Crippen molar-refractivity contribution in [1.29, 1.82) is 0 Å². The summed E-state index contributed by atoms with van der Waals surface area (Å²) in [4.78, 5) is 26.7. The minimum atomic E-state index is -0.372. The summed E-state index contributed by atoms with van der Waals surface area (Å²) < 4.78 is 16.4. The minimum absolute atomic E-state index is 0.303. The number of aryl methyl sites for hydroxylation is 1. The molecule has 0 aliphatic rings. The molecule has 9 nitrogen and oxygen atoms in total. The fraction of sp³-hybridized carbons (Fsp3) is 0.158. The molecular weight excluding hydrogens is 407 g/mol. The molecule has 1 aromatic carbocycles. The van der Waals surface area contributed by atoms with E-state index < -0.39 is 0 Å². The molecule has 4 heterocycles. The molecule has 0 aliphatic heterocycles. The van der Waals surface area contributed by atoms with Crippen molar-refractivity contribution in [2.24, 2.45) is 0 Å². The van der Waals surface area contributed by atoms with Crippen molar-refractivity contribution >= 4 is 28.4 Å². The van der Waals surface area contributed by atoms with E-state index in [4.69, 9.17) is 0 Å². The molecule has 1 N–H and O–H groups in total. The highest BCUT2D eigenvalue weighted by atomic mass is 32.2. The summed E-state index contributed by atoms with van der Waals surface area (Å²) in [6.07, 6.45) is 1.59. The van der Waals surface area contributed by atoms with E-state index in [9.17, 15) is 9.18 Å². The van der Waals surface area contributed by atoms with Crippen LogP contribution in [0.4, 0.5) is 4.39 Å². The van der Waals surface area contributed by atoms with E-state index in [-0.39, 0.29) is 11.4 Å². The molecule has 11 heteroatoms. The van der Waals surface area contributed by atoms with Crippen LogP contribution in [0.5, 0.6) is 0 Å². The molecule has 5 aromatic rings. The minimum Gasteiger partial charge on any atom is -0.268 e. The van der Waals surface area contributed by atoms with Gasteiger partial charge in [-0.25, -0.2) is 14.5 Å². The number of nitrogens with zero attached hydrogens (tertiary/aromatic N) is 7. The van der Waals surface area contributed by atoms with Gasteiger partial charge in [0.2, 0.25) is 11.1 Å². The van der Waals surface area contributed by atoms with Crippen molar-refractivity contribution in [2.75, 3.05) is 5.75 Å². The number of benzene rings is 1. The zero-order valence-electron chi connectivity index (χ0n) is 16.0. The number of halogens is 1. The topological polar surface area (TPSA) is 107 Å². The van der Waals surface area contributed by atoms with E-state index in [1.807, 2.05) is 6.92 Å². The first kappa shape index (κ1) is 18.4. The number of aromatic amines is 1. The molecule has 0 atom stereocenters. The second kappa shape index (κ2) is 7.02. The van der Waals surface area contributed by atoms with Crippen LogP contribution in [0.25, 0.3) is 33.9 Å². The molecule has 4 aromatic heterocycles. The number of aromatic nitrogens is 8. The third-order valence-electron chi connectivity index (χ3n) is 4.51. The molecule has 0 saturated carbocycles. The second-order valence-corrected chi connectivity index (χ2v) is 7.70. The Balaban J connectivity index is 1.85. The van der Waals surface area contributed by atoms with Crippen LogP contribution in [0, 0.1) is 12.7 Å². The molecule has 0 unspecified atom stereocenters. The lowest BCUT2D eigenvalue weighted by Crippen LogP contribution is -2.21. The Morgan fingerprint density at radius 2 is 1.93 bits per heavy atom. The van der Waals surface area contributed by atoms with Gasteiger partial charge in [0.25, 0.3) is 11.3 Å². The van der Waals surface area contributed by atoms with Gasteiger partial charge in [0.15, 0.2) is 0 Å². The third-order valence-corrected chi connectivity index (χ3v) is 5.24. The molecular formula is C19H15FN8OS. The Hall–Kier alpha value is -3.60. The summed E-state index contributed by atoms with van der Waals surface area (Å²) in [6.45, 7) is 3.74. The van der Waals surface area contributed by atoms with E-state index in [2.05, 4.69) is 30.2 Å². The highest BCUT2D eigenvalue weighted by Crippen LogP contribution is 2.26. The summed E-state index contributed by atoms with van der Waals surface area (Å²) in [5, 5.41) is 12.2. The number of H-pyrrole nitrogens is 1. The van der Waals surface area contributed by atoms with Crippen molar-refractivity contribution in [1.82, 2.24) is 39.3 Å². The van der Waals surface area contributed by atoms with Gasteiger partial charge in [-0.1, -0.05) is 18.7 Å². The standard InChI is InChI=1S/C19H15FN8OS/c1-3-30-19-23-18(24-25-19)27-9-8-13-14(16(27)29)15(11-4-6-12(20)7-5-11)28-17(22-13)21-10(2)26-28/h4-9H,3H2,1-2H3,(H,23,24,25). The third kappa shape index (κ3) is 2.94. The monoisotopic (exact) mass is 422 g/mol. The SMILES string of the molecule is CCSc1n[nH]c(-n2ccc3nc4nc(C)nn4c(-c4ccc(F)cc4)c3c2=O)n1. The predicted molar refractivity (Wildman–Crippen MR) is 110 cm³/mol. The van der Waals surface area contributed by atoms with Crippen molar-refractivity contribution < 1.29 is 4.39 Å². The number of rotatable bonds is 4. The largest absolute Gasteiger partial charge is 0.269 e. The Kier molecular flexibility index (Phi) is 4.31. The molecule has 30 heavy (non-hydrogen) atoms. The maximum absolute atomic E-state index is 13.5. The first-order valence-electron chi connectivity index (χ1n) is 9.15. The number of pyridine rings is 1. The Bertz CT molecular complexity index is 1450. The van der Waals surface area contributed by atoms with Crippen LogP contribution in [-0.2, 0) is 0 Å². The normalized spacial score (nSPS) is 11.6. The number of nitrogens with one attached hydrogen (secondary N) is 1. The lowest BCUT2D eigenvalue weighted by molar-refractivity contribution is 0.628. The van der Waals surface area contributed by atoms with Gasteiger partial charge in [-0.05, 0) is 43.0 Å². The number of thioether (sulfide) groups is 1. The molecule has 150 valence electrons. The summed E-state index contributed by atoms with van der Waals surface area (Å²) in [7, 11) is 0. The molecule has 0 spiro atoms. The van der Waals surface area contributed by atoms with Crippen molar-refractivity contribution in [3.05, 3.63) is 58.5 Å². The van der Waals surface area contributed by atoms with Gasteiger partial charge in [0.1, 0.15) is 11.6 Å². The number of hydrogen-bond donors (Lipinski definition) is 1. The summed E-state index contributed by atoms with van der Waals surface area (Å²) >= 11 is 1.47. The average molecular weight is 422 g/mol. The van der Waals surface area contributed by atoms with Gasteiger partial charge in [0.05, 0.1) is 16.6 Å². The molecule has 0 bridgehead atoms. The van der Waals surface area contributed by atoms with Crippen LogP contribution in [0.2, 0.25) is 0 Å². The highest BCUT2D eigenvalue weighted by Gasteiger charge is 2.19. The van der Waals surface area contributed by atoms with Crippen LogP contribution in [0.1, 0.15) is 12.7 Å². The fourth-order valence-electron chi connectivity index (χ4n) is 3.26. The van der Waals surface area contributed by atoms with Crippen molar-refractivity contribution in [3.63, 3.8) is 0 Å². The van der Waals surface area contributed by atoms with Gasteiger partial charge in [-0.15, -0.1) is 10.2 Å². The molecule has 0 radical (unpaired) electrons. The van der Waals surface area contributed by atoms with Gasteiger partial charge in [0, 0.05) is 11.8 Å². The average Bonchev–Trinajstić information content (AvgIpc) is 3.33. The Morgan fingerprint density at radius 1 is 1.13 bits per heavy atom. The molecule has 0 saturated heterocycles. The second-order valence-electron chi connectivity index (χ2n) is 6.46. The smallest absolute Gasteiger partial charge is 0.268 e. The van der Waals surface area contributed by atoms with Gasteiger partial charge >= 0.3 is 0 Å². The van der Waals surface area contributed by atoms with Crippen molar-refractivity contribution in [2.45, 2.75) is 19.0 Å². The number of fused-ring (bicyclic) bond motifs is 2. The maximum atomic E-state index is 13.5. The van der Waals surface area contributed by atoms with Crippen LogP contribution in [0.3, 0.4) is 0 Å². The summed E-state index contributed by atoms with van der Waals surface area (Å²) in [5.74, 6) is 1.61. The Labute approximate surface area is 173 Å². The summed E-state index contributed by atoms with van der Waals surface area (Å²) in [5.41, 5.74) is 1.21. The molecule has 0 aliphatic carbocycles. The van der Waals surface area contributed by atoms with Crippen LogP contribution < -0.4 is 5.56 Å². The van der Waals surface area contributed by atoms with E-state index in [0.29, 0.717) is 44.9 Å². The quantitative estimate of drug-likeness (QED) is 0.444. The molecule has 0 fully saturated rings. The zero-order chi connectivity index (χ0) is 20.8. The van der Waals surface area contributed by atoms with Crippen LogP contribution in [0.15, 0.2) is 46.5 Å². The van der Waals surface area contributed by atoms with E-state index >= 15 is 0 Å². The lowest BCUT2D eigenvalue weighted by atomic mass is 10.1. The zero-order valence-corrected chi connectivity index (χ0v) is 16.8. The maximum Gasteiger partial charge on any atom is 0.269 e. The van der Waals surface area contributed by atoms with E-state index in [1.165, 1.54) is 33.0 Å². The Morgan fingerprint density at radius 3 is 2.70 bits per heavy atom. The van der Waals surface area contributed by atoms with Gasteiger partial charge in [-0.2, -0.15) is 14.5 Å². The lowest BCUT2D eigenvalue weighted by Gasteiger charge is -2.10. The predicted octanol–water partition coefficient (Wildman–Crippen LogP) is 2.77. The van der Waals surface area contributed by atoms with Gasteiger partial charge < -0.3 is 0 Å². The molecule has 0 amide bonds. The highest BCUT2D eigenvalue weighted by molar-refractivity contribution is 7.99. The van der Waals surface area contributed by atoms with Gasteiger partial charge in [-0.3, -0.25) is 9.36 Å². The summed E-state index contributed by atoms with van der Waals surface area (Å²) in [6, 6.07) is 7.58. The van der Waals surface area contributed by atoms with E-state index in [0.717, 1.165) is 5.75 Å². The number of hydrogen-bond acceptors (Lipinski definition) is 7. The van der Waals surface area contributed by atoms with E-state index in [1.54, 1.807) is 31.3 Å².